The number of methoxy groups -OCH3 is 1. The Morgan fingerprint density at radius 3 is 2.53 bits per heavy atom. The Balaban J connectivity index is 0.00000253. The average molecular weight is 637 g/mol. The van der Waals surface area contributed by atoms with Gasteiger partial charge < -0.3 is 18.9 Å². The number of aromatic nitrogens is 2. The Morgan fingerprint density at radius 1 is 1.14 bits per heavy atom. The monoisotopic (exact) mass is 635 g/mol. The molecule has 0 spiro atoms. The fraction of sp³-hybridized carbons (Fsp3) is 0.588. The molecule has 43 heavy (non-hydrogen) atoms. The van der Waals surface area contributed by atoms with Crippen LogP contribution in [0.1, 0.15) is 81.2 Å². The fourth-order valence-electron chi connectivity index (χ4n) is 7.71. The minimum atomic E-state index is -0.638. The molecule has 6 nitrogen and oxygen atoms in total. The minimum absolute atomic E-state index is 0. The first-order chi connectivity index (χ1) is 19.7. The topological polar surface area (TPSA) is 56.6 Å². The molecule has 2 aromatic carbocycles. The Bertz CT molecular complexity index is 1360. The molecule has 0 bridgehead atoms. The van der Waals surface area contributed by atoms with E-state index in [4.69, 9.17) is 14.5 Å². The number of nitrogens with zero attached hydrogens (tertiary/aromatic N) is 3. The number of fused-ring (bicyclic) bond motifs is 2. The number of carbonyl (C=O) groups is 1. The van der Waals surface area contributed by atoms with Crippen molar-refractivity contribution in [3.8, 4) is 0 Å². The lowest BCUT2D eigenvalue weighted by Gasteiger charge is -2.47. The molecular formula is C34H48Cl2FN3O3. The minimum Gasteiger partial charge on any atom is -0.457 e. The summed E-state index contributed by atoms with van der Waals surface area (Å²) in [7, 11) is 5.86. The van der Waals surface area contributed by atoms with Crippen LogP contribution in [0.5, 0.6) is 0 Å². The Morgan fingerprint density at radius 2 is 1.86 bits per heavy atom. The van der Waals surface area contributed by atoms with Crippen LogP contribution in [0.2, 0.25) is 0 Å². The van der Waals surface area contributed by atoms with Crippen molar-refractivity contribution in [1.29, 1.82) is 0 Å². The van der Waals surface area contributed by atoms with Gasteiger partial charge in [-0.05, 0) is 92.8 Å². The van der Waals surface area contributed by atoms with Crippen LogP contribution in [0.25, 0.3) is 11.0 Å². The van der Waals surface area contributed by atoms with E-state index in [-0.39, 0.29) is 55.0 Å². The lowest BCUT2D eigenvalue weighted by Crippen LogP contribution is -2.49. The predicted octanol–water partition coefficient (Wildman–Crippen LogP) is 7.47. The zero-order chi connectivity index (χ0) is 29.1. The van der Waals surface area contributed by atoms with Gasteiger partial charge in [0.05, 0.1) is 11.0 Å². The van der Waals surface area contributed by atoms with Crippen LogP contribution in [0.3, 0.4) is 0 Å². The molecule has 1 saturated carbocycles. The van der Waals surface area contributed by atoms with Crippen LogP contribution in [-0.4, -0.2) is 59.9 Å². The quantitative estimate of drug-likeness (QED) is 0.216. The zero-order valence-electron chi connectivity index (χ0n) is 26.2. The summed E-state index contributed by atoms with van der Waals surface area (Å²) in [4.78, 5) is 20.2. The van der Waals surface area contributed by atoms with Gasteiger partial charge in [-0.2, -0.15) is 0 Å². The third-order valence-electron chi connectivity index (χ3n) is 9.59. The van der Waals surface area contributed by atoms with Crippen LogP contribution < -0.4 is 0 Å². The van der Waals surface area contributed by atoms with Gasteiger partial charge in [0.1, 0.15) is 23.8 Å². The number of ether oxygens (including phenoxy) is 2. The standard InChI is InChI=1S/C34H46FN3O3.2ClH/c1-23(2)32-28-15-14-27(35)20-26(28)16-17-34(32,41-31(39)22-40-5)18-19-37(3)21-24-10-12-25(13-11-24)33-36-29-8-6-7-9-30(29)38(33)4;;/h6-9,14-15,20,23-25,32H,10-13,16-19,21-22H2,1-5H3;2*1H/t24-,25-,32-,34-;;/m0../s1. The molecule has 0 amide bonds. The van der Waals surface area contributed by atoms with E-state index in [1.807, 2.05) is 6.07 Å². The fourth-order valence-corrected chi connectivity index (χ4v) is 7.71. The van der Waals surface area contributed by atoms with Gasteiger partial charge >= 0.3 is 5.97 Å². The molecule has 238 valence electrons. The molecule has 0 saturated heterocycles. The molecule has 0 aliphatic heterocycles. The van der Waals surface area contributed by atoms with Crippen LogP contribution in [-0.2, 0) is 27.7 Å². The van der Waals surface area contributed by atoms with Crippen molar-refractivity contribution < 1.29 is 18.7 Å². The third-order valence-corrected chi connectivity index (χ3v) is 9.59. The van der Waals surface area contributed by atoms with E-state index >= 15 is 0 Å². The van der Waals surface area contributed by atoms with Gasteiger partial charge in [-0.3, -0.25) is 0 Å². The first kappa shape index (κ1) is 35.3. The summed E-state index contributed by atoms with van der Waals surface area (Å²) in [6.45, 7) is 6.16. The van der Waals surface area contributed by atoms with Gasteiger partial charge in [0.15, 0.2) is 0 Å². The summed E-state index contributed by atoms with van der Waals surface area (Å²) < 4.78 is 27.8. The predicted molar refractivity (Wildman–Crippen MR) is 175 cm³/mol. The van der Waals surface area contributed by atoms with E-state index in [9.17, 15) is 9.18 Å². The molecule has 1 fully saturated rings. The van der Waals surface area contributed by atoms with Crippen molar-refractivity contribution in [2.45, 2.75) is 76.2 Å². The second kappa shape index (κ2) is 15.2. The Hall–Kier alpha value is -2.19. The number of benzene rings is 2. The van der Waals surface area contributed by atoms with Crippen LogP contribution in [0, 0.1) is 17.7 Å². The van der Waals surface area contributed by atoms with E-state index in [0.717, 1.165) is 49.0 Å². The van der Waals surface area contributed by atoms with Crippen molar-refractivity contribution in [3.05, 3.63) is 65.2 Å². The number of rotatable bonds is 10. The van der Waals surface area contributed by atoms with Crippen LogP contribution in [0.15, 0.2) is 42.5 Å². The molecule has 2 aliphatic carbocycles. The lowest BCUT2D eigenvalue weighted by molar-refractivity contribution is -0.172. The SMILES string of the molecule is COCC(=O)O[C@]1(CCN(C)C[C@H]2CC[C@H](c3nc4ccccc4n3C)CC2)CCc2cc(F)ccc2[C@@H]1C(C)C.Cl.Cl. The largest absolute Gasteiger partial charge is 0.457 e. The Labute approximate surface area is 268 Å². The molecule has 0 radical (unpaired) electrons. The van der Waals surface area contributed by atoms with Gasteiger partial charge in [-0.1, -0.05) is 32.0 Å². The molecule has 0 unspecified atom stereocenters. The lowest BCUT2D eigenvalue weighted by atomic mass is 9.65. The molecule has 2 atom stereocenters. The number of imidazole rings is 1. The highest BCUT2D eigenvalue weighted by Crippen LogP contribution is 2.48. The maximum atomic E-state index is 14.1. The van der Waals surface area contributed by atoms with E-state index in [2.05, 4.69) is 61.7 Å². The Kier molecular flexibility index (Phi) is 12.5. The molecule has 5 rings (SSSR count). The van der Waals surface area contributed by atoms with Crippen LogP contribution in [0.4, 0.5) is 4.39 Å². The third kappa shape index (κ3) is 7.73. The van der Waals surface area contributed by atoms with Crippen molar-refractivity contribution in [2.24, 2.45) is 18.9 Å². The number of para-hydroxylation sites is 2. The summed E-state index contributed by atoms with van der Waals surface area (Å²) in [6, 6.07) is 13.5. The summed E-state index contributed by atoms with van der Waals surface area (Å²) in [5.74, 6) is 2.08. The number of hydrogen-bond donors (Lipinski definition) is 0. The summed E-state index contributed by atoms with van der Waals surface area (Å²) >= 11 is 0. The molecule has 1 aromatic heterocycles. The first-order valence-corrected chi connectivity index (χ1v) is 15.3. The van der Waals surface area contributed by atoms with Crippen LogP contribution >= 0.6 is 24.8 Å². The number of esters is 1. The highest BCUT2D eigenvalue weighted by Gasteiger charge is 2.47. The van der Waals surface area contributed by atoms with E-state index in [0.29, 0.717) is 24.7 Å². The normalized spacial score (nSPS) is 23.5. The van der Waals surface area contributed by atoms with Crippen molar-refractivity contribution in [3.63, 3.8) is 0 Å². The first-order valence-electron chi connectivity index (χ1n) is 15.3. The number of hydrogen-bond acceptors (Lipinski definition) is 5. The molecule has 3 aromatic rings. The number of aryl methyl sites for hydroxylation is 2. The highest BCUT2D eigenvalue weighted by atomic mass is 35.5. The van der Waals surface area contributed by atoms with Gasteiger partial charge in [0, 0.05) is 45.5 Å². The summed E-state index contributed by atoms with van der Waals surface area (Å²) in [6.07, 6.45) is 6.85. The van der Waals surface area contributed by atoms with E-state index in [1.165, 1.54) is 37.4 Å². The van der Waals surface area contributed by atoms with Gasteiger partial charge in [0.25, 0.3) is 0 Å². The molecule has 9 heteroatoms. The molecule has 1 heterocycles. The van der Waals surface area contributed by atoms with Crippen molar-refractivity contribution in [1.82, 2.24) is 14.5 Å². The molecule has 2 aliphatic rings. The number of carbonyl (C=O) groups excluding carboxylic acids is 1. The van der Waals surface area contributed by atoms with E-state index < -0.39 is 5.60 Å². The van der Waals surface area contributed by atoms with Crippen molar-refractivity contribution in [2.75, 3.05) is 33.9 Å². The maximum Gasteiger partial charge on any atom is 0.332 e. The smallest absolute Gasteiger partial charge is 0.332 e. The van der Waals surface area contributed by atoms with Gasteiger partial charge in [-0.25, -0.2) is 14.2 Å². The summed E-state index contributed by atoms with van der Waals surface area (Å²) in [5.41, 5.74) is 3.80. The zero-order valence-corrected chi connectivity index (χ0v) is 27.8. The second-order valence-corrected chi connectivity index (χ2v) is 12.8. The highest BCUT2D eigenvalue weighted by molar-refractivity contribution is 5.85. The number of halogens is 3. The average Bonchev–Trinajstić information content (AvgIpc) is 3.28. The maximum absolute atomic E-state index is 14.1. The molecule has 0 N–H and O–H groups in total. The molecular weight excluding hydrogens is 588 g/mol. The van der Waals surface area contributed by atoms with Crippen molar-refractivity contribution >= 4 is 41.8 Å². The van der Waals surface area contributed by atoms with E-state index in [1.54, 1.807) is 6.07 Å². The second-order valence-electron chi connectivity index (χ2n) is 12.8. The van der Waals surface area contributed by atoms with Gasteiger partial charge in [-0.15, -0.1) is 24.8 Å². The summed E-state index contributed by atoms with van der Waals surface area (Å²) in [5, 5.41) is 0. The van der Waals surface area contributed by atoms with Gasteiger partial charge in [0.2, 0.25) is 0 Å².